The summed E-state index contributed by atoms with van der Waals surface area (Å²) in [6, 6.07) is 6.99. The maximum Gasteiger partial charge on any atom is 0.424 e. The molecular weight excluding hydrogens is 178 g/mol. The van der Waals surface area contributed by atoms with Crippen molar-refractivity contribution in [2.45, 2.75) is 0 Å². The monoisotopic (exact) mass is 183 g/mol. The van der Waals surface area contributed by atoms with Gasteiger partial charge in [0, 0.05) is 0 Å². The van der Waals surface area contributed by atoms with E-state index in [0.717, 1.165) is 16.5 Å². The second-order valence-electron chi connectivity index (χ2n) is 2.20. The maximum absolute atomic E-state index is 10.6. The number of fused-ring (bicyclic) bond motifs is 1. The SMILES string of the molecule is O=C(O)N1SOc2ccccc21. The average Bonchev–Trinajstić information content (AvgIpc) is 2.47. The molecule has 0 aliphatic carbocycles. The van der Waals surface area contributed by atoms with E-state index >= 15 is 0 Å². The molecule has 0 atom stereocenters. The van der Waals surface area contributed by atoms with Gasteiger partial charge in [-0.05, 0) is 12.1 Å². The van der Waals surface area contributed by atoms with Gasteiger partial charge in [0.05, 0.1) is 0 Å². The van der Waals surface area contributed by atoms with Gasteiger partial charge >= 0.3 is 6.09 Å². The molecule has 1 amide bonds. The number of hydrogen-bond donors (Lipinski definition) is 1. The van der Waals surface area contributed by atoms with Gasteiger partial charge in [-0.2, -0.15) is 4.31 Å². The number of para-hydroxylation sites is 2. The number of carboxylic acid groups (broad SMARTS) is 1. The molecule has 2 rings (SSSR count). The summed E-state index contributed by atoms with van der Waals surface area (Å²) in [6.45, 7) is 0. The van der Waals surface area contributed by atoms with Crippen LogP contribution in [0, 0.1) is 0 Å². The van der Waals surface area contributed by atoms with E-state index in [9.17, 15) is 4.79 Å². The molecule has 12 heavy (non-hydrogen) atoms. The van der Waals surface area contributed by atoms with Crippen LogP contribution in [-0.2, 0) is 0 Å². The van der Waals surface area contributed by atoms with Crippen molar-refractivity contribution in [2.24, 2.45) is 0 Å². The lowest BCUT2D eigenvalue weighted by Gasteiger charge is -2.04. The fourth-order valence-electron chi connectivity index (χ4n) is 0.948. The van der Waals surface area contributed by atoms with Gasteiger partial charge in [0.25, 0.3) is 0 Å². The van der Waals surface area contributed by atoms with Gasteiger partial charge in [-0.25, -0.2) is 4.79 Å². The normalized spacial score (nSPS) is 13.8. The summed E-state index contributed by atoms with van der Waals surface area (Å²) in [5.41, 5.74) is 0.579. The molecule has 1 aromatic carbocycles. The number of carbonyl (C=O) groups is 1. The lowest BCUT2D eigenvalue weighted by atomic mass is 10.3. The van der Waals surface area contributed by atoms with E-state index < -0.39 is 6.09 Å². The van der Waals surface area contributed by atoms with E-state index in [-0.39, 0.29) is 0 Å². The van der Waals surface area contributed by atoms with Crippen molar-refractivity contribution in [3.8, 4) is 5.75 Å². The minimum Gasteiger partial charge on any atom is -0.464 e. The molecule has 4 nitrogen and oxygen atoms in total. The Hall–Kier alpha value is -1.36. The van der Waals surface area contributed by atoms with Crippen molar-refractivity contribution in [3.05, 3.63) is 24.3 Å². The first-order chi connectivity index (χ1) is 5.79. The summed E-state index contributed by atoms with van der Waals surface area (Å²) in [4.78, 5) is 10.6. The van der Waals surface area contributed by atoms with Crippen molar-refractivity contribution < 1.29 is 14.1 Å². The molecule has 1 aromatic rings. The summed E-state index contributed by atoms with van der Waals surface area (Å²) >= 11 is 0.813. The van der Waals surface area contributed by atoms with Gasteiger partial charge in [0.15, 0.2) is 18.0 Å². The van der Waals surface area contributed by atoms with Gasteiger partial charge in [-0.1, -0.05) is 12.1 Å². The molecule has 0 saturated carbocycles. The molecule has 1 aliphatic heterocycles. The van der Waals surface area contributed by atoms with Gasteiger partial charge in [0.2, 0.25) is 0 Å². The predicted octanol–water partition coefficient (Wildman–Crippen LogP) is 2.13. The summed E-state index contributed by atoms with van der Waals surface area (Å²) in [5.74, 6) is 0.588. The summed E-state index contributed by atoms with van der Waals surface area (Å²) in [7, 11) is 0. The average molecular weight is 183 g/mol. The first kappa shape index (κ1) is 7.30. The molecule has 5 heteroatoms. The Morgan fingerprint density at radius 1 is 1.50 bits per heavy atom. The Morgan fingerprint density at radius 3 is 3.00 bits per heavy atom. The molecule has 0 bridgehead atoms. The lowest BCUT2D eigenvalue weighted by Crippen LogP contribution is -2.18. The molecule has 1 N–H and O–H groups in total. The quantitative estimate of drug-likeness (QED) is 0.494. The Balaban J connectivity index is 2.42. The Morgan fingerprint density at radius 2 is 2.25 bits per heavy atom. The van der Waals surface area contributed by atoms with E-state index in [1.54, 1.807) is 24.3 Å². The molecule has 0 aromatic heterocycles. The number of nitrogens with zero attached hydrogens (tertiary/aromatic N) is 1. The van der Waals surface area contributed by atoms with E-state index in [4.69, 9.17) is 9.29 Å². The molecule has 62 valence electrons. The van der Waals surface area contributed by atoms with Crippen molar-refractivity contribution in [1.29, 1.82) is 0 Å². The van der Waals surface area contributed by atoms with Crippen LogP contribution in [0.25, 0.3) is 0 Å². The number of anilines is 1. The molecule has 1 aliphatic rings. The minimum absolute atomic E-state index is 0.579. The molecule has 0 fully saturated rings. The van der Waals surface area contributed by atoms with Crippen LogP contribution in [0.3, 0.4) is 0 Å². The molecule has 0 radical (unpaired) electrons. The van der Waals surface area contributed by atoms with Gasteiger partial charge in [0.1, 0.15) is 5.69 Å². The summed E-state index contributed by atoms with van der Waals surface area (Å²) in [6.07, 6.45) is -1.02. The first-order valence-electron chi connectivity index (χ1n) is 3.26. The molecule has 1 heterocycles. The van der Waals surface area contributed by atoms with Gasteiger partial charge < -0.3 is 9.29 Å². The van der Waals surface area contributed by atoms with Crippen LogP contribution in [0.15, 0.2) is 24.3 Å². The third kappa shape index (κ3) is 0.984. The maximum atomic E-state index is 10.6. The standard InChI is InChI=1S/C7H5NO3S/c9-7(10)8-5-3-1-2-4-6(5)11-12-8/h1-4H,(H,9,10). The zero-order valence-electron chi connectivity index (χ0n) is 5.93. The number of rotatable bonds is 0. The van der Waals surface area contributed by atoms with E-state index in [0.29, 0.717) is 11.4 Å². The second kappa shape index (κ2) is 2.60. The topological polar surface area (TPSA) is 49.8 Å². The number of hydrogen-bond acceptors (Lipinski definition) is 3. The smallest absolute Gasteiger partial charge is 0.424 e. The second-order valence-corrected chi connectivity index (χ2v) is 2.88. The zero-order chi connectivity index (χ0) is 8.55. The summed E-state index contributed by atoms with van der Waals surface area (Å²) < 4.78 is 6.11. The van der Waals surface area contributed by atoms with Crippen LogP contribution in [0.1, 0.15) is 0 Å². The minimum atomic E-state index is -1.02. The van der Waals surface area contributed by atoms with Crippen molar-refractivity contribution in [3.63, 3.8) is 0 Å². The Kier molecular flexibility index (Phi) is 1.58. The van der Waals surface area contributed by atoms with E-state index in [2.05, 4.69) is 0 Å². The molecular formula is C7H5NO3S. The highest BCUT2D eigenvalue weighted by Crippen LogP contribution is 2.40. The highest BCUT2D eigenvalue weighted by Gasteiger charge is 2.27. The molecule has 0 saturated heterocycles. The summed E-state index contributed by atoms with van der Waals surface area (Å²) in [5, 5.41) is 8.69. The highest BCUT2D eigenvalue weighted by atomic mass is 32.2. The van der Waals surface area contributed by atoms with Crippen LogP contribution in [0.4, 0.5) is 10.5 Å². The van der Waals surface area contributed by atoms with Gasteiger partial charge in [-0.15, -0.1) is 0 Å². The van der Waals surface area contributed by atoms with Crippen LogP contribution in [0.5, 0.6) is 5.75 Å². The molecule has 0 spiro atoms. The van der Waals surface area contributed by atoms with Crippen LogP contribution in [-0.4, -0.2) is 11.2 Å². The van der Waals surface area contributed by atoms with Gasteiger partial charge in [-0.3, -0.25) is 0 Å². The van der Waals surface area contributed by atoms with E-state index in [1.165, 1.54) is 0 Å². The number of benzene rings is 1. The van der Waals surface area contributed by atoms with Crippen LogP contribution in [0.2, 0.25) is 0 Å². The van der Waals surface area contributed by atoms with Crippen molar-refractivity contribution in [1.82, 2.24) is 0 Å². The lowest BCUT2D eigenvalue weighted by molar-refractivity contribution is 0.206. The fourth-order valence-corrected chi connectivity index (χ4v) is 1.54. The Labute approximate surface area is 73.1 Å². The third-order valence-electron chi connectivity index (χ3n) is 1.46. The van der Waals surface area contributed by atoms with E-state index in [1.807, 2.05) is 0 Å². The van der Waals surface area contributed by atoms with Crippen molar-refractivity contribution in [2.75, 3.05) is 4.31 Å². The van der Waals surface area contributed by atoms with Crippen LogP contribution < -0.4 is 8.49 Å². The van der Waals surface area contributed by atoms with Crippen molar-refractivity contribution >= 4 is 24.0 Å². The largest absolute Gasteiger partial charge is 0.464 e. The third-order valence-corrected chi connectivity index (χ3v) is 2.22. The first-order valence-corrected chi connectivity index (χ1v) is 3.95. The predicted molar refractivity (Wildman–Crippen MR) is 45.2 cm³/mol. The fraction of sp³-hybridized carbons (Fsp3) is 0. The Bertz CT molecular complexity index is 328. The molecule has 0 unspecified atom stereocenters. The number of amides is 1. The highest BCUT2D eigenvalue weighted by molar-refractivity contribution is 7.97. The van der Waals surface area contributed by atoms with Crippen LogP contribution >= 0.6 is 12.2 Å². The zero-order valence-corrected chi connectivity index (χ0v) is 6.75.